The maximum absolute atomic E-state index is 5.44. The Morgan fingerprint density at radius 1 is 1.24 bits per heavy atom. The lowest BCUT2D eigenvalue weighted by molar-refractivity contribution is 0.0239. The van der Waals surface area contributed by atoms with Gasteiger partial charge < -0.3 is 15.4 Å². The molecule has 2 heterocycles. The molecule has 0 aromatic heterocycles. The van der Waals surface area contributed by atoms with Crippen LogP contribution in [0.3, 0.4) is 0 Å². The third-order valence-corrected chi connectivity index (χ3v) is 4.30. The van der Waals surface area contributed by atoms with E-state index >= 15 is 0 Å². The number of hydrogen-bond donors (Lipinski definition) is 2. The van der Waals surface area contributed by atoms with Crippen LogP contribution in [-0.2, 0) is 4.74 Å². The summed E-state index contributed by atoms with van der Waals surface area (Å²) in [6, 6.07) is 0.695. The smallest absolute Gasteiger partial charge is 0.0471 e. The van der Waals surface area contributed by atoms with E-state index in [2.05, 4.69) is 17.6 Å². The summed E-state index contributed by atoms with van der Waals surface area (Å²) >= 11 is 0. The van der Waals surface area contributed by atoms with E-state index < -0.39 is 0 Å². The van der Waals surface area contributed by atoms with Gasteiger partial charge in [0.25, 0.3) is 0 Å². The SMILES string of the molecule is CC1(CNCC2CCCCCN2)CCOCC1. The molecule has 0 aliphatic carbocycles. The highest BCUT2D eigenvalue weighted by molar-refractivity contribution is 4.81. The first-order valence-electron chi connectivity index (χ1n) is 7.30. The van der Waals surface area contributed by atoms with Gasteiger partial charge in [0.2, 0.25) is 0 Å². The summed E-state index contributed by atoms with van der Waals surface area (Å²) in [4.78, 5) is 0. The van der Waals surface area contributed by atoms with Crippen molar-refractivity contribution in [1.82, 2.24) is 10.6 Å². The third kappa shape index (κ3) is 4.57. The van der Waals surface area contributed by atoms with Crippen LogP contribution >= 0.6 is 0 Å². The van der Waals surface area contributed by atoms with Crippen molar-refractivity contribution in [1.29, 1.82) is 0 Å². The van der Waals surface area contributed by atoms with E-state index in [4.69, 9.17) is 4.74 Å². The van der Waals surface area contributed by atoms with Crippen molar-refractivity contribution in [3.05, 3.63) is 0 Å². The lowest BCUT2D eigenvalue weighted by Crippen LogP contribution is -2.43. The van der Waals surface area contributed by atoms with Crippen LogP contribution in [0.25, 0.3) is 0 Å². The van der Waals surface area contributed by atoms with Crippen LogP contribution in [0.15, 0.2) is 0 Å². The maximum atomic E-state index is 5.44. The minimum Gasteiger partial charge on any atom is -0.381 e. The third-order valence-electron chi connectivity index (χ3n) is 4.30. The zero-order chi connectivity index (χ0) is 12.0. The summed E-state index contributed by atoms with van der Waals surface area (Å²) in [6.07, 6.45) is 7.90. The summed E-state index contributed by atoms with van der Waals surface area (Å²) in [7, 11) is 0. The summed E-state index contributed by atoms with van der Waals surface area (Å²) in [5, 5.41) is 7.32. The molecule has 0 bridgehead atoms. The first-order chi connectivity index (χ1) is 8.29. The van der Waals surface area contributed by atoms with Crippen LogP contribution < -0.4 is 10.6 Å². The molecule has 0 aromatic rings. The molecule has 2 saturated heterocycles. The van der Waals surface area contributed by atoms with E-state index in [1.165, 1.54) is 45.1 Å². The second kappa shape index (κ2) is 6.72. The van der Waals surface area contributed by atoms with Gasteiger partial charge in [-0.3, -0.25) is 0 Å². The fourth-order valence-corrected chi connectivity index (χ4v) is 2.86. The average Bonchev–Trinajstić information content (AvgIpc) is 2.58. The normalized spacial score (nSPS) is 29.8. The van der Waals surface area contributed by atoms with Crippen LogP contribution in [0, 0.1) is 5.41 Å². The lowest BCUT2D eigenvalue weighted by atomic mass is 9.82. The van der Waals surface area contributed by atoms with Gasteiger partial charge in [0, 0.05) is 32.3 Å². The Morgan fingerprint density at radius 2 is 2.06 bits per heavy atom. The van der Waals surface area contributed by atoms with Gasteiger partial charge in [0.1, 0.15) is 0 Å². The van der Waals surface area contributed by atoms with Gasteiger partial charge in [-0.15, -0.1) is 0 Å². The molecule has 2 aliphatic heterocycles. The Morgan fingerprint density at radius 3 is 2.88 bits per heavy atom. The molecule has 0 amide bonds. The van der Waals surface area contributed by atoms with Gasteiger partial charge in [-0.2, -0.15) is 0 Å². The number of hydrogen-bond acceptors (Lipinski definition) is 3. The van der Waals surface area contributed by atoms with Crippen molar-refractivity contribution in [2.24, 2.45) is 5.41 Å². The van der Waals surface area contributed by atoms with Crippen LogP contribution in [-0.4, -0.2) is 38.9 Å². The minimum atomic E-state index is 0.461. The maximum Gasteiger partial charge on any atom is 0.0471 e. The molecule has 100 valence electrons. The van der Waals surface area contributed by atoms with Crippen LogP contribution in [0.4, 0.5) is 0 Å². The predicted octanol–water partition coefficient (Wildman–Crippen LogP) is 1.92. The quantitative estimate of drug-likeness (QED) is 0.788. The molecule has 0 spiro atoms. The molecule has 1 atom stereocenters. The molecule has 0 saturated carbocycles. The molecule has 0 aromatic carbocycles. The largest absolute Gasteiger partial charge is 0.381 e. The summed E-state index contributed by atoms with van der Waals surface area (Å²) in [5.41, 5.74) is 0.461. The predicted molar refractivity (Wildman–Crippen MR) is 71.3 cm³/mol. The number of nitrogens with one attached hydrogen (secondary N) is 2. The van der Waals surface area contributed by atoms with Crippen molar-refractivity contribution >= 4 is 0 Å². The molecule has 17 heavy (non-hydrogen) atoms. The van der Waals surface area contributed by atoms with Crippen LogP contribution in [0.2, 0.25) is 0 Å². The first-order valence-corrected chi connectivity index (χ1v) is 7.30. The summed E-state index contributed by atoms with van der Waals surface area (Å²) in [5.74, 6) is 0. The van der Waals surface area contributed by atoms with Crippen LogP contribution in [0.5, 0.6) is 0 Å². The molecule has 3 heteroatoms. The minimum absolute atomic E-state index is 0.461. The summed E-state index contributed by atoms with van der Waals surface area (Å²) < 4.78 is 5.44. The topological polar surface area (TPSA) is 33.3 Å². The van der Waals surface area contributed by atoms with Crippen molar-refractivity contribution in [2.75, 3.05) is 32.8 Å². The van der Waals surface area contributed by atoms with E-state index in [0.717, 1.165) is 26.3 Å². The van der Waals surface area contributed by atoms with Gasteiger partial charge in [-0.05, 0) is 37.6 Å². The zero-order valence-corrected chi connectivity index (χ0v) is 11.3. The van der Waals surface area contributed by atoms with Crippen molar-refractivity contribution in [3.8, 4) is 0 Å². The van der Waals surface area contributed by atoms with E-state index in [1.54, 1.807) is 0 Å². The molecule has 0 radical (unpaired) electrons. The average molecular weight is 240 g/mol. The van der Waals surface area contributed by atoms with E-state index in [1.807, 2.05) is 0 Å². The second-order valence-electron chi connectivity index (χ2n) is 6.05. The highest BCUT2D eigenvalue weighted by Crippen LogP contribution is 2.28. The van der Waals surface area contributed by atoms with Crippen molar-refractivity contribution < 1.29 is 4.74 Å². The molecule has 2 N–H and O–H groups in total. The standard InChI is InChI=1S/C14H28N2O/c1-14(6-9-17-10-7-14)12-15-11-13-5-3-2-4-8-16-13/h13,15-16H,2-12H2,1H3. The zero-order valence-electron chi connectivity index (χ0n) is 11.3. The fraction of sp³-hybridized carbons (Fsp3) is 1.00. The van der Waals surface area contributed by atoms with E-state index in [9.17, 15) is 0 Å². The van der Waals surface area contributed by atoms with Crippen molar-refractivity contribution in [2.45, 2.75) is 51.5 Å². The Kier molecular flexibility index (Phi) is 5.26. The van der Waals surface area contributed by atoms with Gasteiger partial charge in [-0.1, -0.05) is 19.8 Å². The molecule has 2 aliphatic rings. The monoisotopic (exact) mass is 240 g/mol. The van der Waals surface area contributed by atoms with Gasteiger partial charge >= 0.3 is 0 Å². The lowest BCUT2D eigenvalue weighted by Gasteiger charge is -2.34. The molecule has 3 nitrogen and oxygen atoms in total. The molecular weight excluding hydrogens is 212 g/mol. The second-order valence-corrected chi connectivity index (χ2v) is 6.05. The number of rotatable bonds is 4. The van der Waals surface area contributed by atoms with E-state index in [0.29, 0.717) is 11.5 Å². The Balaban J connectivity index is 1.63. The Bertz CT molecular complexity index is 206. The van der Waals surface area contributed by atoms with Gasteiger partial charge in [0.05, 0.1) is 0 Å². The first kappa shape index (κ1) is 13.3. The van der Waals surface area contributed by atoms with Crippen molar-refractivity contribution in [3.63, 3.8) is 0 Å². The molecule has 2 rings (SSSR count). The number of ether oxygens (including phenoxy) is 1. The van der Waals surface area contributed by atoms with Gasteiger partial charge in [-0.25, -0.2) is 0 Å². The Labute approximate surface area is 106 Å². The van der Waals surface area contributed by atoms with Gasteiger partial charge in [0.15, 0.2) is 0 Å². The van der Waals surface area contributed by atoms with E-state index in [-0.39, 0.29) is 0 Å². The highest BCUT2D eigenvalue weighted by atomic mass is 16.5. The van der Waals surface area contributed by atoms with Crippen LogP contribution in [0.1, 0.15) is 45.4 Å². The Hall–Kier alpha value is -0.120. The highest BCUT2D eigenvalue weighted by Gasteiger charge is 2.27. The molecule has 2 fully saturated rings. The fourth-order valence-electron chi connectivity index (χ4n) is 2.86. The molecule has 1 unspecified atom stereocenters. The summed E-state index contributed by atoms with van der Waals surface area (Å²) in [6.45, 7) is 7.77. The molecular formula is C14H28N2O.